The van der Waals surface area contributed by atoms with Crippen LogP contribution in [0, 0.1) is 5.92 Å². The van der Waals surface area contributed by atoms with Crippen LogP contribution in [0.3, 0.4) is 0 Å². The summed E-state index contributed by atoms with van der Waals surface area (Å²) in [6.07, 6.45) is 10.00. The lowest BCUT2D eigenvalue weighted by Crippen LogP contribution is -2.43. The Bertz CT molecular complexity index is 1420. The van der Waals surface area contributed by atoms with Gasteiger partial charge in [0.2, 0.25) is 0 Å². The number of amides is 1. The lowest BCUT2D eigenvalue weighted by Gasteiger charge is -2.31. The molecule has 10 heteroatoms. The number of alkyl carbamates (subject to hydrolysis) is 1. The molecule has 2 aromatic carbocycles. The molecule has 2 aromatic rings. The maximum absolute atomic E-state index is 12.7. The molecule has 0 radical (unpaired) electrons. The summed E-state index contributed by atoms with van der Waals surface area (Å²) >= 11 is 0. The average Bonchev–Trinajstić information content (AvgIpc) is 3.13. The molecule has 2 atom stereocenters. The van der Waals surface area contributed by atoms with Gasteiger partial charge in [-0.2, -0.15) is 0 Å². The van der Waals surface area contributed by atoms with Gasteiger partial charge in [-0.1, -0.05) is 89.1 Å². The van der Waals surface area contributed by atoms with Crippen LogP contribution < -0.4 is 10.6 Å². The first-order chi connectivity index (χ1) is 25.2. The van der Waals surface area contributed by atoms with Crippen molar-refractivity contribution in [2.24, 2.45) is 5.92 Å². The van der Waals surface area contributed by atoms with Crippen LogP contribution in [-0.2, 0) is 34.8 Å². The van der Waals surface area contributed by atoms with E-state index in [1.165, 1.54) is 25.3 Å². The van der Waals surface area contributed by atoms with E-state index >= 15 is 0 Å². The maximum atomic E-state index is 12.7. The predicted octanol–water partition coefficient (Wildman–Crippen LogP) is 9.39. The molecule has 2 unspecified atom stereocenters. The number of unbranched alkanes of at least 4 members (excludes halogenated alkanes) is 8. The monoisotopic (exact) mass is 738 g/mol. The van der Waals surface area contributed by atoms with Crippen LogP contribution >= 0.6 is 0 Å². The van der Waals surface area contributed by atoms with E-state index in [2.05, 4.69) is 37.5 Å². The molecule has 296 valence electrons. The van der Waals surface area contributed by atoms with Gasteiger partial charge in [0.15, 0.2) is 0 Å². The van der Waals surface area contributed by atoms with Crippen LogP contribution in [0.15, 0.2) is 48.5 Å². The minimum atomic E-state index is -0.674. The van der Waals surface area contributed by atoms with E-state index < -0.39 is 29.1 Å². The molecule has 0 aromatic heterocycles. The van der Waals surface area contributed by atoms with Crippen LogP contribution in [0.4, 0.5) is 4.79 Å². The van der Waals surface area contributed by atoms with Crippen LogP contribution in [0.1, 0.15) is 158 Å². The fourth-order valence-corrected chi connectivity index (χ4v) is 5.80. The summed E-state index contributed by atoms with van der Waals surface area (Å²) in [6, 6.07) is 14.5. The molecule has 0 saturated heterocycles. The summed E-state index contributed by atoms with van der Waals surface area (Å²) in [7, 11) is 0. The summed E-state index contributed by atoms with van der Waals surface area (Å²) in [5, 5.41) is 6.46. The summed E-state index contributed by atoms with van der Waals surface area (Å²) in [4.78, 5) is 50.0. The maximum Gasteiger partial charge on any atom is 0.407 e. The topological polar surface area (TPSA) is 129 Å². The molecule has 0 saturated carbocycles. The number of rotatable bonds is 25. The quantitative estimate of drug-likeness (QED) is 0.0582. The normalized spacial score (nSPS) is 12.8. The molecule has 0 aliphatic carbocycles. The fourth-order valence-electron chi connectivity index (χ4n) is 5.80. The number of nitrogens with one attached hydrogen (secondary N) is 2. The zero-order valence-electron chi connectivity index (χ0n) is 33.6. The van der Waals surface area contributed by atoms with Crippen LogP contribution in [0.2, 0.25) is 0 Å². The largest absolute Gasteiger partial charge is 0.466 e. The number of esters is 3. The smallest absolute Gasteiger partial charge is 0.407 e. The first kappa shape index (κ1) is 45.2. The molecule has 2 N–H and O–H groups in total. The summed E-state index contributed by atoms with van der Waals surface area (Å²) in [5.41, 5.74) is 1.55. The van der Waals surface area contributed by atoms with Crippen molar-refractivity contribution in [3.05, 3.63) is 70.8 Å². The molecule has 2 rings (SSSR count). The highest BCUT2D eigenvalue weighted by atomic mass is 16.6. The Morgan fingerprint density at radius 1 is 0.660 bits per heavy atom. The van der Waals surface area contributed by atoms with Crippen molar-refractivity contribution in [2.75, 3.05) is 26.4 Å². The summed E-state index contributed by atoms with van der Waals surface area (Å²) in [6.45, 7) is 17.2. The van der Waals surface area contributed by atoms with Crippen molar-refractivity contribution >= 4 is 24.0 Å². The van der Waals surface area contributed by atoms with Crippen LogP contribution in [-0.4, -0.2) is 56.5 Å². The van der Waals surface area contributed by atoms with Gasteiger partial charge in [-0.05, 0) is 96.6 Å². The highest BCUT2D eigenvalue weighted by Crippen LogP contribution is 2.27. The molecule has 0 fully saturated rings. The van der Waals surface area contributed by atoms with E-state index in [0.717, 1.165) is 56.1 Å². The summed E-state index contributed by atoms with van der Waals surface area (Å²) < 4.78 is 21.7. The zero-order chi connectivity index (χ0) is 39.3. The second-order valence-electron chi connectivity index (χ2n) is 15.0. The lowest BCUT2D eigenvalue weighted by molar-refractivity contribution is -0.147. The fraction of sp³-hybridized carbons (Fsp3) is 0.628. The number of carbonyl (C=O) groups is 4. The first-order valence-corrected chi connectivity index (χ1v) is 19.7. The van der Waals surface area contributed by atoms with E-state index in [-0.39, 0.29) is 18.0 Å². The van der Waals surface area contributed by atoms with Gasteiger partial charge in [-0.25, -0.2) is 14.4 Å². The van der Waals surface area contributed by atoms with Gasteiger partial charge in [0.05, 0.1) is 48.5 Å². The Kier molecular flexibility index (Phi) is 20.2. The van der Waals surface area contributed by atoms with Gasteiger partial charge >= 0.3 is 24.0 Å². The number of benzene rings is 2. The minimum Gasteiger partial charge on any atom is -0.466 e. The molecule has 0 bridgehead atoms. The standard InChI is InChI=1S/C43H66N2O8/c1-9-11-12-13-15-18-27-51-39(47)34-23-20-24-35(29-34)40(48)53-33(4)22-17-14-16-19-28-52-41(49)45-43(7,8)37-26-21-25-36(30-37)42(5,6)44-31-32(3)38(46)50-10-2/h20-21,23-26,29-30,32-33,44H,9-19,22,27-28,31H2,1-8H3,(H,45,49). The van der Waals surface area contributed by atoms with E-state index in [0.29, 0.717) is 43.9 Å². The van der Waals surface area contributed by atoms with Crippen molar-refractivity contribution in [3.63, 3.8) is 0 Å². The third-order valence-electron chi connectivity index (χ3n) is 9.37. The second kappa shape index (κ2) is 23.7. The zero-order valence-corrected chi connectivity index (χ0v) is 33.6. The van der Waals surface area contributed by atoms with Gasteiger partial charge < -0.3 is 29.6 Å². The van der Waals surface area contributed by atoms with Gasteiger partial charge in [0.1, 0.15) is 0 Å². The van der Waals surface area contributed by atoms with Gasteiger partial charge in [0.25, 0.3) is 0 Å². The number of carbonyl (C=O) groups excluding carboxylic acids is 4. The molecule has 0 aliphatic heterocycles. The molecule has 0 spiro atoms. The molecule has 0 heterocycles. The Morgan fingerprint density at radius 2 is 1.23 bits per heavy atom. The molecule has 0 aliphatic rings. The molecule has 53 heavy (non-hydrogen) atoms. The van der Waals surface area contributed by atoms with Gasteiger partial charge in [-0.3, -0.25) is 4.79 Å². The Morgan fingerprint density at radius 3 is 1.89 bits per heavy atom. The molecule has 1 amide bonds. The van der Waals surface area contributed by atoms with Crippen LogP contribution in [0.25, 0.3) is 0 Å². The SMILES string of the molecule is CCCCCCCCOC(=O)c1cccc(C(=O)OC(C)CCCCCCOC(=O)NC(C)(C)c2cccc(C(C)(C)NCC(C)C(=O)OCC)c2)c1. The highest BCUT2D eigenvalue weighted by Gasteiger charge is 2.28. The van der Waals surface area contributed by atoms with Crippen molar-refractivity contribution in [1.82, 2.24) is 10.6 Å². The van der Waals surface area contributed by atoms with Gasteiger partial charge in [0, 0.05) is 12.1 Å². The second-order valence-corrected chi connectivity index (χ2v) is 15.0. The van der Waals surface area contributed by atoms with Crippen molar-refractivity contribution < 1.29 is 38.1 Å². The molecule has 10 nitrogen and oxygen atoms in total. The van der Waals surface area contributed by atoms with E-state index in [9.17, 15) is 19.2 Å². The number of hydrogen-bond acceptors (Lipinski definition) is 9. The predicted molar refractivity (Wildman–Crippen MR) is 209 cm³/mol. The van der Waals surface area contributed by atoms with Crippen molar-refractivity contribution in [2.45, 2.75) is 143 Å². The van der Waals surface area contributed by atoms with Gasteiger partial charge in [-0.15, -0.1) is 0 Å². The first-order valence-electron chi connectivity index (χ1n) is 19.7. The Hall–Kier alpha value is -3.92. The van der Waals surface area contributed by atoms with E-state index in [4.69, 9.17) is 18.9 Å². The number of hydrogen-bond donors (Lipinski definition) is 2. The summed E-state index contributed by atoms with van der Waals surface area (Å²) in [5.74, 6) is -1.38. The van der Waals surface area contributed by atoms with Crippen LogP contribution in [0.5, 0.6) is 0 Å². The Labute approximate surface area is 318 Å². The average molecular weight is 739 g/mol. The van der Waals surface area contributed by atoms with E-state index in [1.54, 1.807) is 25.1 Å². The van der Waals surface area contributed by atoms with E-state index in [1.807, 2.05) is 45.9 Å². The number of ether oxygens (including phenoxy) is 4. The highest BCUT2D eigenvalue weighted by molar-refractivity contribution is 5.95. The molecular formula is C43H66N2O8. The minimum absolute atomic E-state index is 0.222. The Balaban J connectivity index is 1.68. The third kappa shape index (κ3) is 17.2. The van der Waals surface area contributed by atoms with Crippen molar-refractivity contribution in [3.8, 4) is 0 Å². The molecular weight excluding hydrogens is 672 g/mol. The third-order valence-corrected chi connectivity index (χ3v) is 9.37. The lowest BCUT2D eigenvalue weighted by atomic mass is 9.87. The van der Waals surface area contributed by atoms with Crippen molar-refractivity contribution in [1.29, 1.82) is 0 Å².